The van der Waals surface area contributed by atoms with E-state index in [9.17, 15) is 5.26 Å². The van der Waals surface area contributed by atoms with Gasteiger partial charge < -0.3 is 14.2 Å². The minimum atomic E-state index is 0.455. The highest BCUT2D eigenvalue weighted by Crippen LogP contribution is 2.35. The molecule has 0 amide bonds. The molecular formula is C25H22INO3. The highest BCUT2D eigenvalue weighted by molar-refractivity contribution is 14.1. The van der Waals surface area contributed by atoms with Crippen molar-refractivity contribution in [3.05, 3.63) is 86.5 Å². The normalized spacial score (nSPS) is 11.0. The number of nitrogens with zero attached hydrogens (tertiary/aromatic N) is 1. The second-order valence-corrected chi connectivity index (χ2v) is 7.87. The van der Waals surface area contributed by atoms with Crippen LogP contribution in [0.3, 0.4) is 0 Å². The van der Waals surface area contributed by atoms with Gasteiger partial charge in [-0.2, -0.15) is 5.26 Å². The molecule has 0 aromatic heterocycles. The smallest absolute Gasteiger partial charge is 0.174 e. The first-order valence-corrected chi connectivity index (χ1v) is 10.4. The predicted molar refractivity (Wildman–Crippen MR) is 128 cm³/mol. The van der Waals surface area contributed by atoms with E-state index in [1.165, 1.54) is 5.56 Å². The number of methoxy groups -OCH3 is 2. The first-order valence-electron chi connectivity index (χ1n) is 9.36. The summed E-state index contributed by atoms with van der Waals surface area (Å²) in [5.41, 5.74) is 4.56. The Morgan fingerprint density at radius 2 is 1.70 bits per heavy atom. The SMILES string of the molecule is COc1ccc(/C(C#N)=C/c2cc(I)c(OCc3ccc(C)cc3)c(OC)c2)cc1. The summed E-state index contributed by atoms with van der Waals surface area (Å²) in [5.74, 6) is 2.08. The summed E-state index contributed by atoms with van der Waals surface area (Å²) in [7, 11) is 3.24. The van der Waals surface area contributed by atoms with Crippen LogP contribution in [0.15, 0.2) is 60.7 Å². The Balaban J connectivity index is 1.87. The fraction of sp³-hybridized carbons (Fsp3) is 0.160. The Morgan fingerprint density at radius 3 is 2.30 bits per heavy atom. The minimum absolute atomic E-state index is 0.455. The summed E-state index contributed by atoms with van der Waals surface area (Å²) in [6.45, 7) is 2.52. The molecule has 0 aliphatic carbocycles. The molecule has 0 unspecified atom stereocenters. The number of allylic oxidation sites excluding steroid dienone is 1. The average molecular weight is 511 g/mol. The Labute approximate surface area is 190 Å². The summed E-state index contributed by atoms with van der Waals surface area (Å²) in [6.07, 6.45) is 1.84. The lowest BCUT2D eigenvalue weighted by atomic mass is 10.0. The monoisotopic (exact) mass is 511 g/mol. The highest BCUT2D eigenvalue weighted by atomic mass is 127. The van der Waals surface area contributed by atoms with E-state index in [0.29, 0.717) is 23.7 Å². The third-order valence-electron chi connectivity index (χ3n) is 4.59. The van der Waals surface area contributed by atoms with E-state index >= 15 is 0 Å². The number of hydrogen-bond donors (Lipinski definition) is 0. The van der Waals surface area contributed by atoms with Crippen LogP contribution in [0.4, 0.5) is 0 Å². The van der Waals surface area contributed by atoms with Crippen LogP contribution in [0, 0.1) is 21.8 Å². The van der Waals surface area contributed by atoms with Crippen LogP contribution in [-0.4, -0.2) is 14.2 Å². The predicted octanol–water partition coefficient (Wildman–Crippen LogP) is 6.26. The van der Waals surface area contributed by atoms with Gasteiger partial charge in [0, 0.05) is 0 Å². The molecule has 152 valence electrons. The maximum Gasteiger partial charge on any atom is 0.174 e. The van der Waals surface area contributed by atoms with Gasteiger partial charge in [0.2, 0.25) is 0 Å². The Bertz CT molecular complexity index is 1080. The molecule has 0 N–H and O–H groups in total. The Morgan fingerprint density at radius 1 is 1.00 bits per heavy atom. The van der Waals surface area contributed by atoms with Crippen molar-refractivity contribution >= 4 is 34.2 Å². The molecule has 0 spiro atoms. The fourth-order valence-corrected chi connectivity index (χ4v) is 3.70. The molecule has 3 rings (SSSR count). The molecule has 4 nitrogen and oxygen atoms in total. The van der Waals surface area contributed by atoms with Crippen molar-refractivity contribution in [2.45, 2.75) is 13.5 Å². The zero-order valence-electron chi connectivity index (χ0n) is 17.1. The molecule has 5 heteroatoms. The van der Waals surface area contributed by atoms with E-state index in [2.05, 4.69) is 59.8 Å². The quantitative estimate of drug-likeness (QED) is 0.214. The van der Waals surface area contributed by atoms with E-state index in [1.807, 2.05) is 42.5 Å². The van der Waals surface area contributed by atoms with E-state index in [-0.39, 0.29) is 0 Å². The van der Waals surface area contributed by atoms with E-state index in [0.717, 1.165) is 26.0 Å². The molecule has 0 heterocycles. The second kappa shape index (κ2) is 10.2. The van der Waals surface area contributed by atoms with Gasteiger partial charge in [-0.05, 0) is 88.7 Å². The maximum absolute atomic E-state index is 9.64. The van der Waals surface area contributed by atoms with Crippen molar-refractivity contribution in [1.82, 2.24) is 0 Å². The first kappa shape index (κ1) is 21.7. The molecule has 0 aliphatic rings. The Kier molecular flexibility index (Phi) is 7.36. The maximum atomic E-state index is 9.64. The number of ether oxygens (including phenoxy) is 3. The molecule has 0 saturated carbocycles. The molecule has 0 radical (unpaired) electrons. The number of hydrogen-bond acceptors (Lipinski definition) is 4. The minimum Gasteiger partial charge on any atom is -0.497 e. The van der Waals surface area contributed by atoms with Gasteiger partial charge in [0.15, 0.2) is 11.5 Å². The van der Waals surface area contributed by atoms with Gasteiger partial charge in [0.25, 0.3) is 0 Å². The van der Waals surface area contributed by atoms with Crippen LogP contribution < -0.4 is 14.2 Å². The summed E-state index contributed by atoms with van der Waals surface area (Å²) in [5, 5.41) is 9.64. The molecule has 0 fully saturated rings. The summed E-state index contributed by atoms with van der Waals surface area (Å²) >= 11 is 2.23. The van der Waals surface area contributed by atoms with E-state index in [4.69, 9.17) is 14.2 Å². The molecule has 0 aliphatic heterocycles. The van der Waals surface area contributed by atoms with Gasteiger partial charge in [-0.15, -0.1) is 0 Å². The second-order valence-electron chi connectivity index (χ2n) is 6.71. The highest BCUT2D eigenvalue weighted by Gasteiger charge is 2.12. The number of halogens is 1. The number of rotatable bonds is 7. The molecular weight excluding hydrogens is 489 g/mol. The summed E-state index contributed by atoms with van der Waals surface area (Å²) in [6, 6.07) is 21.8. The first-order chi connectivity index (χ1) is 14.5. The van der Waals surface area contributed by atoms with Crippen LogP contribution in [0.5, 0.6) is 17.2 Å². The van der Waals surface area contributed by atoms with Gasteiger partial charge in [-0.1, -0.05) is 29.8 Å². The van der Waals surface area contributed by atoms with Gasteiger partial charge in [0.1, 0.15) is 12.4 Å². The molecule has 3 aromatic carbocycles. The molecule has 3 aromatic rings. The largest absolute Gasteiger partial charge is 0.497 e. The zero-order valence-corrected chi connectivity index (χ0v) is 19.3. The number of benzene rings is 3. The lowest BCUT2D eigenvalue weighted by molar-refractivity contribution is 0.282. The van der Waals surface area contributed by atoms with Crippen LogP contribution in [0.1, 0.15) is 22.3 Å². The van der Waals surface area contributed by atoms with Crippen molar-refractivity contribution in [3.8, 4) is 23.3 Å². The van der Waals surface area contributed by atoms with Gasteiger partial charge in [-0.3, -0.25) is 0 Å². The van der Waals surface area contributed by atoms with Crippen molar-refractivity contribution < 1.29 is 14.2 Å². The van der Waals surface area contributed by atoms with Crippen molar-refractivity contribution in [2.75, 3.05) is 14.2 Å². The zero-order chi connectivity index (χ0) is 21.5. The van der Waals surface area contributed by atoms with Crippen molar-refractivity contribution in [3.63, 3.8) is 0 Å². The topological polar surface area (TPSA) is 51.5 Å². The van der Waals surface area contributed by atoms with Crippen LogP contribution in [0.2, 0.25) is 0 Å². The van der Waals surface area contributed by atoms with Crippen molar-refractivity contribution in [1.29, 1.82) is 5.26 Å². The van der Waals surface area contributed by atoms with Crippen molar-refractivity contribution in [2.24, 2.45) is 0 Å². The molecule has 0 atom stereocenters. The van der Waals surface area contributed by atoms with Crippen LogP contribution in [0.25, 0.3) is 11.6 Å². The lowest BCUT2D eigenvalue weighted by Crippen LogP contribution is -2.00. The molecule has 30 heavy (non-hydrogen) atoms. The Hall–Kier alpha value is -2.98. The third-order valence-corrected chi connectivity index (χ3v) is 5.39. The summed E-state index contributed by atoms with van der Waals surface area (Å²) < 4.78 is 17.7. The van der Waals surface area contributed by atoms with Crippen LogP contribution >= 0.6 is 22.6 Å². The van der Waals surface area contributed by atoms with Gasteiger partial charge in [0.05, 0.1) is 29.4 Å². The number of aryl methyl sites for hydroxylation is 1. The van der Waals surface area contributed by atoms with Crippen LogP contribution in [-0.2, 0) is 6.61 Å². The fourth-order valence-electron chi connectivity index (χ4n) is 2.92. The van der Waals surface area contributed by atoms with E-state index < -0.39 is 0 Å². The number of nitriles is 1. The molecule has 0 bridgehead atoms. The lowest BCUT2D eigenvalue weighted by Gasteiger charge is -2.14. The summed E-state index contributed by atoms with van der Waals surface area (Å²) in [4.78, 5) is 0. The van der Waals surface area contributed by atoms with Gasteiger partial charge >= 0.3 is 0 Å². The standard InChI is InChI=1S/C25H22INO3/c1-17-4-6-18(7-5-17)16-30-25-23(26)13-19(14-24(25)29-3)12-21(15-27)20-8-10-22(28-2)11-9-20/h4-14H,16H2,1-3H3/b21-12+. The average Bonchev–Trinajstić information content (AvgIpc) is 2.77. The molecule has 0 saturated heterocycles. The third kappa shape index (κ3) is 5.33. The van der Waals surface area contributed by atoms with Gasteiger partial charge in [-0.25, -0.2) is 0 Å². The van der Waals surface area contributed by atoms with E-state index in [1.54, 1.807) is 14.2 Å².